The Morgan fingerprint density at radius 3 is 2.21 bits per heavy atom. The lowest BCUT2D eigenvalue weighted by Gasteiger charge is -2.30. The zero-order valence-corrected chi connectivity index (χ0v) is 12.1. The Balaban J connectivity index is 2.66. The van der Waals surface area contributed by atoms with E-state index in [2.05, 4.69) is 19.2 Å². The summed E-state index contributed by atoms with van der Waals surface area (Å²) in [4.78, 5) is 12.5. The van der Waals surface area contributed by atoms with E-state index in [0.717, 1.165) is 31.2 Å². The Morgan fingerprint density at radius 1 is 1.16 bits per heavy atom. The largest absolute Gasteiger partial charge is 0.352 e. The van der Waals surface area contributed by atoms with E-state index >= 15 is 0 Å². The number of benzene rings is 1. The second-order valence-electron chi connectivity index (χ2n) is 5.15. The lowest BCUT2D eigenvalue weighted by Crippen LogP contribution is -2.45. The fourth-order valence-corrected chi connectivity index (χ4v) is 2.57. The van der Waals surface area contributed by atoms with E-state index in [1.807, 2.05) is 30.3 Å². The minimum absolute atomic E-state index is 0.0996. The molecule has 0 aliphatic rings. The molecule has 0 saturated heterocycles. The zero-order chi connectivity index (χ0) is 14.1. The van der Waals surface area contributed by atoms with Gasteiger partial charge in [-0.05, 0) is 18.4 Å². The van der Waals surface area contributed by atoms with E-state index in [1.54, 1.807) is 0 Å². The molecule has 3 nitrogen and oxygen atoms in total. The van der Waals surface area contributed by atoms with Crippen molar-refractivity contribution in [2.24, 2.45) is 11.1 Å². The molecule has 1 rings (SSSR count). The van der Waals surface area contributed by atoms with Crippen LogP contribution < -0.4 is 11.1 Å². The average molecular weight is 262 g/mol. The van der Waals surface area contributed by atoms with E-state index in [-0.39, 0.29) is 5.91 Å². The first-order chi connectivity index (χ1) is 9.18. The van der Waals surface area contributed by atoms with Gasteiger partial charge in [-0.15, -0.1) is 0 Å². The first-order valence-corrected chi connectivity index (χ1v) is 7.21. The van der Waals surface area contributed by atoms with Crippen molar-refractivity contribution >= 4 is 5.91 Å². The van der Waals surface area contributed by atoms with Crippen LogP contribution in [0.2, 0.25) is 0 Å². The van der Waals surface area contributed by atoms with Gasteiger partial charge in [-0.25, -0.2) is 0 Å². The second kappa shape index (κ2) is 7.95. The predicted molar refractivity (Wildman–Crippen MR) is 79.6 cm³/mol. The average Bonchev–Trinajstić information content (AvgIpc) is 2.45. The molecule has 1 aromatic carbocycles. The first kappa shape index (κ1) is 15.7. The molecule has 0 saturated carbocycles. The minimum Gasteiger partial charge on any atom is -0.352 e. The van der Waals surface area contributed by atoms with Crippen LogP contribution in [0.3, 0.4) is 0 Å². The second-order valence-corrected chi connectivity index (χ2v) is 5.15. The summed E-state index contributed by atoms with van der Waals surface area (Å²) in [5.74, 6) is 0.0996. The van der Waals surface area contributed by atoms with Crippen LogP contribution in [0.25, 0.3) is 0 Å². The van der Waals surface area contributed by atoms with Crippen molar-refractivity contribution in [2.45, 2.75) is 46.1 Å². The molecule has 106 valence electrons. The monoisotopic (exact) mass is 262 g/mol. The van der Waals surface area contributed by atoms with Gasteiger partial charge in [-0.2, -0.15) is 0 Å². The Morgan fingerprint density at radius 2 is 1.74 bits per heavy atom. The molecule has 1 amide bonds. The van der Waals surface area contributed by atoms with Crippen molar-refractivity contribution in [1.82, 2.24) is 5.32 Å². The van der Waals surface area contributed by atoms with Crippen LogP contribution in [-0.2, 0) is 11.3 Å². The Hall–Kier alpha value is -1.35. The van der Waals surface area contributed by atoms with Gasteiger partial charge in [-0.1, -0.05) is 57.0 Å². The molecule has 0 spiro atoms. The number of rotatable bonds is 8. The van der Waals surface area contributed by atoms with Crippen LogP contribution in [0.4, 0.5) is 0 Å². The maximum Gasteiger partial charge on any atom is 0.227 e. The van der Waals surface area contributed by atoms with Crippen molar-refractivity contribution in [3.63, 3.8) is 0 Å². The number of carbonyl (C=O) groups is 1. The molecule has 0 atom stereocenters. The summed E-state index contributed by atoms with van der Waals surface area (Å²) < 4.78 is 0. The van der Waals surface area contributed by atoms with Crippen LogP contribution in [-0.4, -0.2) is 12.5 Å². The molecule has 0 aromatic heterocycles. The number of carbonyl (C=O) groups excluding carboxylic acids is 1. The Bertz CT molecular complexity index is 370. The lowest BCUT2D eigenvalue weighted by atomic mass is 9.78. The molecule has 0 aliphatic heterocycles. The minimum atomic E-state index is -0.391. The van der Waals surface area contributed by atoms with Gasteiger partial charge in [0.15, 0.2) is 0 Å². The van der Waals surface area contributed by atoms with E-state index in [9.17, 15) is 4.79 Å². The quantitative estimate of drug-likeness (QED) is 0.757. The number of nitrogens with two attached hydrogens (primary N) is 1. The van der Waals surface area contributed by atoms with E-state index in [0.29, 0.717) is 13.1 Å². The summed E-state index contributed by atoms with van der Waals surface area (Å²) in [5, 5.41) is 3.04. The van der Waals surface area contributed by atoms with Gasteiger partial charge in [0.05, 0.1) is 5.41 Å². The molecule has 0 radical (unpaired) electrons. The summed E-state index contributed by atoms with van der Waals surface area (Å²) >= 11 is 0. The fraction of sp³-hybridized carbons (Fsp3) is 0.562. The highest BCUT2D eigenvalue weighted by atomic mass is 16.2. The summed E-state index contributed by atoms with van der Waals surface area (Å²) in [7, 11) is 0. The lowest BCUT2D eigenvalue weighted by molar-refractivity contribution is -0.131. The standard InChI is InChI=1S/C16H26N2O/c1-3-10-16(13-17,11-4-2)15(19)18-12-14-8-6-5-7-9-14/h5-9H,3-4,10-13,17H2,1-2H3,(H,18,19). The topological polar surface area (TPSA) is 55.1 Å². The highest BCUT2D eigenvalue weighted by molar-refractivity contribution is 5.82. The molecule has 0 heterocycles. The zero-order valence-electron chi connectivity index (χ0n) is 12.1. The molecule has 0 aliphatic carbocycles. The highest BCUT2D eigenvalue weighted by Gasteiger charge is 2.34. The summed E-state index contributed by atoms with van der Waals surface area (Å²) in [5.41, 5.74) is 6.62. The smallest absolute Gasteiger partial charge is 0.227 e. The van der Waals surface area contributed by atoms with E-state index < -0.39 is 5.41 Å². The first-order valence-electron chi connectivity index (χ1n) is 7.21. The van der Waals surface area contributed by atoms with Gasteiger partial charge in [0.1, 0.15) is 0 Å². The van der Waals surface area contributed by atoms with Gasteiger partial charge in [-0.3, -0.25) is 4.79 Å². The molecule has 0 bridgehead atoms. The van der Waals surface area contributed by atoms with Gasteiger partial charge >= 0.3 is 0 Å². The Labute approximate surface area is 116 Å². The van der Waals surface area contributed by atoms with Gasteiger partial charge in [0.2, 0.25) is 5.91 Å². The maximum atomic E-state index is 12.5. The molecule has 19 heavy (non-hydrogen) atoms. The van der Waals surface area contributed by atoms with Crippen LogP contribution in [0.5, 0.6) is 0 Å². The van der Waals surface area contributed by atoms with E-state index in [1.165, 1.54) is 0 Å². The molecule has 3 N–H and O–H groups in total. The molecule has 1 aromatic rings. The third-order valence-electron chi connectivity index (χ3n) is 3.63. The third kappa shape index (κ3) is 4.35. The van der Waals surface area contributed by atoms with Crippen molar-refractivity contribution in [2.75, 3.05) is 6.54 Å². The van der Waals surface area contributed by atoms with Crippen LogP contribution in [0, 0.1) is 5.41 Å². The maximum absolute atomic E-state index is 12.5. The molecular weight excluding hydrogens is 236 g/mol. The number of nitrogens with one attached hydrogen (secondary N) is 1. The highest BCUT2D eigenvalue weighted by Crippen LogP contribution is 2.29. The summed E-state index contributed by atoms with van der Waals surface area (Å²) in [6.07, 6.45) is 3.68. The number of hydrogen-bond acceptors (Lipinski definition) is 2. The predicted octanol–water partition coefficient (Wildman–Crippen LogP) is 2.85. The summed E-state index contributed by atoms with van der Waals surface area (Å²) in [6.45, 7) is 5.21. The molecular formula is C16H26N2O. The number of hydrogen-bond donors (Lipinski definition) is 2. The third-order valence-corrected chi connectivity index (χ3v) is 3.63. The van der Waals surface area contributed by atoms with Crippen molar-refractivity contribution in [3.8, 4) is 0 Å². The van der Waals surface area contributed by atoms with Gasteiger partial charge in [0.25, 0.3) is 0 Å². The van der Waals surface area contributed by atoms with Gasteiger partial charge in [0, 0.05) is 13.1 Å². The summed E-state index contributed by atoms with van der Waals surface area (Å²) in [6, 6.07) is 9.98. The Kier molecular flexibility index (Phi) is 6.57. The normalized spacial score (nSPS) is 11.3. The fourth-order valence-electron chi connectivity index (χ4n) is 2.57. The molecule has 3 heteroatoms. The van der Waals surface area contributed by atoms with Crippen molar-refractivity contribution in [3.05, 3.63) is 35.9 Å². The molecule has 0 fully saturated rings. The number of amides is 1. The van der Waals surface area contributed by atoms with E-state index in [4.69, 9.17) is 5.73 Å². The van der Waals surface area contributed by atoms with Crippen LogP contribution in [0.15, 0.2) is 30.3 Å². The molecule has 0 unspecified atom stereocenters. The van der Waals surface area contributed by atoms with Crippen molar-refractivity contribution in [1.29, 1.82) is 0 Å². The van der Waals surface area contributed by atoms with Crippen LogP contribution in [0.1, 0.15) is 45.1 Å². The van der Waals surface area contributed by atoms with Crippen molar-refractivity contribution < 1.29 is 4.79 Å². The van der Waals surface area contributed by atoms with Gasteiger partial charge < -0.3 is 11.1 Å². The van der Waals surface area contributed by atoms with Crippen LogP contribution >= 0.6 is 0 Å². The SMILES string of the molecule is CCCC(CN)(CCC)C(=O)NCc1ccccc1.